The molecule has 1 atom stereocenters. The van der Waals surface area contributed by atoms with E-state index in [9.17, 15) is 18.5 Å². The molecule has 3 aromatic rings. The molecule has 3 N–H and O–H groups in total. The number of halogens is 1. The third-order valence-corrected chi connectivity index (χ3v) is 6.45. The predicted molar refractivity (Wildman–Crippen MR) is 145 cm³/mol. The van der Waals surface area contributed by atoms with Crippen molar-refractivity contribution in [2.75, 3.05) is 6.54 Å². The Balaban J connectivity index is 1.30. The average Bonchev–Trinajstić information content (AvgIpc) is 2.91. The number of amides is 1. The minimum absolute atomic E-state index is 0.00302. The van der Waals surface area contributed by atoms with Crippen molar-refractivity contribution in [3.63, 3.8) is 0 Å². The van der Waals surface area contributed by atoms with Crippen LogP contribution in [0.5, 0.6) is 5.75 Å². The van der Waals surface area contributed by atoms with Gasteiger partial charge in [-0.3, -0.25) is 19.4 Å². The Morgan fingerprint density at radius 1 is 0.950 bits per heavy atom. The number of aromatic nitrogens is 4. The number of unbranched alkanes of at least 4 members (excludes halogenated alkanes) is 4. The van der Waals surface area contributed by atoms with Crippen LogP contribution in [-0.2, 0) is 20.6 Å². The normalized spacial score (nSPS) is 12.1. The van der Waals surface area contributed by atoms with Gasteiger partial charge >= 0.3 is 7.82 Å². The standard InChI is InChI=1S/C27H33FN5O6P/c1-18-9-14-24(39-40(36,37)38)22(16-18)26(28)23(34)8-6-4-3-5-7-15-29-25(35)17-20-10-12-21(13-11-20)27-32-30-19(2)31-33-27/h9-14,16,26H,3-8,15,17H2,1-2H3,(H,29,35)(H2,36,37,38). The molecule has 0 aliphatic rings. The third kappa shape index (κ3) is 10.2. The van der Waals surface area contributed by atoms with Crippen LogP contribution in [0.1, 0.15) is 67.2 Å². The van der Waals surface area contributed by atoms with Crippen molar-refractivity contribution in [2.45, 2.75) is 65.0 Å². The highest BCUT2D eigenvalue weighted by atomic mass is 31.2. The summed E-state index contributed by atoms with van der Waals surface area (Å²) >= 11 is 0. The summed E-state index contributed by atoms with van der Waals surface area (Å²) in [6.45, 7) is 3.92. The molecule has 1 aromatic heterocycles. The van der Waals surface area contributed by atoms with Gasteiger partial charge in [0.2, 0.25) is 11.7 Å². The van der Waals surface area contributed by atoms with Crippen molar-refractivity contribution >= 4 is 19.5 Å². The molecule has 1 amide bonds. The SMILES string of the molecule is Cc1ccc(OP(=O)(O)O)c(C(F)C(=O)CCCCCCCNC(=O)Cc2ccc(-c3nnc(C)nn3)cc2)c1. The first-order valence-electron chi connectivity index (χ1n) is 12.9. The van der Waals surface area contributed by atoms with E-state index < -0.39 is 19.8 Å². The van der Waals surface area contributed by atoms with Gasteiger partial charge in [0.1, 0.15) is 5.75 Å². The Hall–Kier alpha value is -3.60. The molecule has 0 saturated heterocycles. The number of hydrogen-bond donors (Lipinski definition) is 3. The van der Waals surface area contributed by atoms with Crippen LogP contribution in [0.25, 0.3) is 11.4 Å². The van der Waals surface area contributed by atoms with Crippen LogP contribution in [0, 0.1) is 13.8 Å². The molecular formula is C27H33FN5O6P. The number of nitrogens with zero attached hydrogens (tertiary/aromatic N) is 4. The van der Waals surface area contributed by atoms with Crippen molar-refractivity contribution in [3.8, 4) is 17.1 Å². The lowest BCUT2D eigenvalue weighted by Gasteiger charge is -2.15. The zero-order chi connectivity index (χ0) is 29.1. The molecule has 0 saturated carbocycles. The van der Waals surface area contributed by atoms with Crippen LogP contribution in [-0.4, -0.2) is 48.4 Å². The van der Waals surface area contributed by atoms with Gasteiger partial charge in [-0.2, -0.15) is 0 Å². The first-order valence-corrected chi connectivity index (χ1v) is 14.5. The monoisotopic (exact) mass is 573 g/mol. The first-order chi connectivity index (χ1) is 19.0. The van der Waals surface area contributed by atoms with Gasteiger partial charge in [-0.1, -0.05) is 55.2 Å². The molecule has 11 nitrogen and oxygen atoms in total. The highest BCUT2D eigenvalue weighted by Gasteiger charge is 2.26. The van der Waals surface area contributed by atoms with Gasteiger partial charge in [0, 0.05) is 24.1 Å². The molecule has 3 rings (SSSR count). The fraction of sp³-hybridized carbons (Fsp3) is 0.407. The lowest BCUT2D eigenvalue weighted by atomic mass is 9.99. The van der Waals surface area contributed by atoms with E-state index in [0.717, 1.165) is 30.4 Å². The minimum Gasteiger partial charge on any atom is -0.404 e. The van der Waals surface area contributed by atoms with E-state index in [-0.39, 0.29) is 30.1 Å². The Morgan fingerprint density at radius 2 is 1.60 bits per heavy atom. The summed E-state index contributed by atoms with van der Waals surface area (Å²) < 4.78 is 30.5. The molecular weight excluding hydrogens is 540 g/mol. The summed E-state index contributed by atoms with van der Waals surface area (Å²) in [4.78, 5) is 42.7. The smallest absolute Gasteiger partial charge is 0.404 e. The number of nitrogens with one attached hydrogen (secondary N) is 1. The van der Waals surface area contributed by atoms with Gasteiger partial charge in [-0.15, -0.1) is 20.4 Å². The molecule has 0 bridgehead atoms. The second kappa shape index (κ2) is 14.7. The fourth-order valence-corrected chi connectivity index (χ4v) is 4.40. The predicted octanol–water partition coefficient (Wildman–Crippen LogP) is 4.30. The number of alkyl halides is 1. The summed E-state index contributed by atoms with van der Waals surface area (Å²) in [6.07, 6.45) is 1.88. The summed E-state index contributed by atoms with van der Waals surface area (Å²) in [5.41, 5.74) is 2.07. The molecule has 1 unspecified atom stereocenters. The highest BCUT2D eigenvalue weighted by molar-refractivity contribution is 7.46. The zero-order valence-electron chi connectivity index (χ0n) is 22.4. The number of phosphoric ester groups is 1. The second-order valence-corrected chi connectivity index (χ2v) is 10.6. The fourth-order valence-electron chi connectivity index (χ4n) is 3.97. The maximum atomic E-state index is 14.8. The second-order valence-electron chi connectivity index (χ2n) is 9.46. The van der Waals surface area contributed by atoms with Gasteiger partial charge in [-0.25, -0.2) is 8.96 Å². The maximum absolute atomic E-state index is 14.8. The first kappa shape index (κ1) is 30.9. The van der Waals surface area contributed by atoms with E-state index in [1.807, 2.05) is 24.3 Å². The van der Waals surface area contributed by atoms with Crippen LogP contribution in [0.15, 0.2) is 42.5 Å². The maximum Gasteiger partial charge on any atom is 0.524 e. The summed E-state index contributed by atoms with van der Waals surface area (Å²) in [7, 11) is -4.89. The Morgan fingerprint density at radius 3 is 2.27 bits per heavy atom. The van der Waals surface area contributed by atoms with Crippen molar-refractivity contribution in [2.24, 2.45) is 0 Å². The third-order valence-electron chi connectivity index (χ3n) is 6.02. The molecule has 2 aromatic carbocycles. The van der Waals surface area contributed by atoms with E-state index in [0.29, 0.717) is 36.6 Å². The number of hydrogen-bond acceptors (Lipinski definition) is 8. The van der Waals surface area contributed by atoms with E-state index in [4.69, 9.17) is 9.79 Å². The number of benzene rings is 2. The summed E-state index contributed by atoms with van der Waals surface area (Å²) in [5, 5.41) is 18.7. The number of carbonyl (C=O) groups excluding carboxylic acids is 2. The van der Waals surface area contributed by atoms with Gasteiger partial charge in [0.25, 0.3) is 0 Å². The Kier molecular flexibility index (Phi) is 11.4. The van der Waals surface area contributed by atoms with Crippen molar-refractivity contribution in [3.05, 3.63) is 65.0 Å². The molecule has 0 aliphatic carbocycles. The summed E-state index contributed by atoms with van der Waals surface area (Å²) in [6, 6.07) is 11.4. The molecule has 0 radical (unpaired) electrons. The van der Waals surface area contributed by atoms with E-state index in [2.05, 4.69) is 30.2 Å². The van der Waals surface area contributed by atoms with Gasteiger partial charge in [0.05, 0.1) is 6.42 Å². The molecule has 0 aliphatic heterocycles. The van der Waals surface area contributed by atoms with E-state index in [1.165, 1.54) is 18.2 Å². The summed E-state index contributed by atoms with van der Waals surface area (Å²) in [5.74, 6) is -0.179. The van der Waals surface area contributed by atoms with E-state index in [1.54, 1.807) is 13.8 Å². The highest BCUT2D eigenvalue weighted by Crippen LogP contribution is 2.42. The number of phosphoric acid groups is 1. The minimum atomic E-state index is -4.89. The van der Waals surface area contributed by atoms with Gasteiger partial charge < -0.3 is 9.84 Å². The number of rotatable bonds is 15. The van der Waals surface area contributed by atoms with Crippen LogP contribution < -0.4 is 9.84 Å². The number of Topliss-reactive ketones (excluding diaryl/α,β-unsaturated/α-hetero) is 1. The average molecular weight is 574 g/mol. The lowest BCUT2D eigenvalue weighted by molar-refractivity contribution is -0.124. The van der Waals surface area contributed by atoms with Crippen molar-refractivity contribution < 1.29 is 32.9 Å². The molecule has 0 fully saturated rings. The molecule has 0 spiro atoms. The molecule has 40 heavy (non-hydrogen) atoms. The van der Waals surface area contributed by atoms with Crippen molar-refractivity contribution in [1.29, 1.82) is 0 Å². The zero-order valence-corrected chi connectivity index (χ0v) is 23.3. The molecule has 1 heterocycles. The largest absolute Gasteiger partial charge is 0.524 e. The van der Waals surface area contributed by atoms with Gasteiger partial charge in [0.15, 0.2) is 17.8 Å². The van der Waals surface area contributed by atoms with Crippen LogP contribution in [0.4, 0.5) is 4.39 Å². The lowest BCUT2D eigenvalue weighted by Crippen LogP contribution is -2.26. The van der Waals surface area contributed by atoms with Crippen LogP contribution in [0.3, 0.4) is 0 Å². The topological polar surface area (TPSA) is 164 Å². The number of ketones is 1. The Bertz CT molecular complexity index is 1330. The number of aryl methyl sites for hydroxylation is 2. The van der Waals surface area contributed by atoms with Crippen LogP contribution >= 0.6 is 7.82 Å². The van der Waals surface area contributed by atoms with Crippen molar-refractivity contribution in [1.82, 2.24) is 25.7 Å². The van der Waals surface area contributed by atoms with E-state index >= 15 is 0 Å². The quantitative estimate of drug-likeness (QED) is 0.176. The molecule has 214 valence electrons. The number of carbonyl (C=O) groups is 2. The molecule has 13 heteroatoms. The van der Waals surface area contributed by atoms with Crippen LogP contribution in [0.2, 0.25) is 0 Å². The van der Waals surface area contributed by atoms with Gasteiger partial charge in [-0.05, 0) is 44.4 Å². The Labute approximate surface area is 231 Å².